The Hall–Kier alpha value is -2.98. The Labute approximate surface area is 150 Å². The van der Waals surface area contributed by atoms with Gasteiger partial charge in [0.25, 0.3) is 6.01 Å². The molecule has 4 rings (SSSR count). The second kappa shape index (κ2) is 6.49. The molecule has 0 radical (unpaired) electrons. The summed E-state index contributed by atoms with van der Waals surface area (Å²) in [7, 11) is 0. The molecule has 0 bridgehead atoms. The van der Waals surface area contributed by atoms with Gasteiger partial charge in [0, 0.05) is 10.7 Å². The highest BCUT2D eigenvalue weighted by molar-refractivity contribution is 6.31. The van der Waals surface area contributed by atoms with Crippen molar-refractivity contribution in [3.63, 3.8) is 0 Å². The number of aromatic nitrogens is 1. The van der Waals surface area contributed by atoms with Gasteiger partial charge in [0.05, 0.1) is 0 Å². The zero-order chi connectivity index (χ0) is 17.2. The third-order valence-corrected chi connectivity index (χ3v) is 3.92. The van der Waals surface area contributed by atoms with Gasteiger partial charge in [0.15, 0.2) is 5.58 Å². The van der Waals surface area contributed by atoms with Crippen molar-refractivity contribution < 1.29 is 9.15 Å². The number of nitrogens with zero attached hydrogens (tertiary/aromatic N) is 1. The molecule has 3 aromatic carbocycles. The quantitative estimate of drug-likeness (QED) is 0.467. The fourth-order valence-electron chi connectivity index (χ4n) is 2.50. The van der Waals surface area contributed by atoms with Gasteiger partial charge < -0.3 is 14.5 Å². The summed E-state index contributed by atoms with van der Waals surface area (Å²) in [4.78, 5) is 4.38. The van der Waals surface area contributed by atoms with E-state index in [4.69, 9.17) is 20.8 Å². The highest BCUT2D eigenvalue weighted by Crippen LogP contribution is 2.27. The van der Waals surface area contributed by atoms with Crippen LogP contribution in [0.3, 0.4) is 0 Å². The average molecular weight is 351 g/mol. The van der Waals surface area contributed by atoms with E-state index in [1.807, 2.05) is 55.5 Å². The number of halogens is 1. The summed E-state index contributed by atoms with van der Waals surface area (Å²) in [6.45, 7) is 2.04. The number of fused-ring (bicyclic) bond motifs is 1. The van der Waals surface area contributed by atoms with E-state index in [9.17, 15) is 0 Å². The van der Waals surface area contributed by atoms with E-state index in [1.165, 1.54) is 0 Å². The first-order valence-corrected chi connectivity index (χ1v) is 8.21. The lowest BCUT2D eigenvalue weighted by Gasteiger charge is -2.07. The average Bonchev–Trinajstić information content (AvgIpc) is 2.98. The van der Waals surface area contributed by atoms with E-state index in [1.54, 1.807) is 18.2 Å². The first-order chi connectivity index (χ1) is 12.2. The van der Waals surface area contributed by atoms with Crippen molar-refractivity contribution in [1.29, 1.82) is 0 Å². The van der Waals surface area contributed by atoms with Gasteiger partial charge in [-0.3, -0.25) is 0 Å². The van der Waals surface area contributed by atoms with Gasteiger partial charge in [-0.2, -0.15) is 4.98 Å². The Morgan fingerprint density at radius 2 is 1.80 bits per heavy atom. The molecule has 0 amide bonds. The van der Waals surface area contributed by atoms with Crippen LogP contribution in [0.25, 0.3) is 11.1 Å². The van der Waals surface area contributed by atoms with Crippen molar-refractivity contribution in [2.45, 2.75) is 6.92 Å². The maximum absolute atomic E-state index is 5.97. The van der Waals surface area contributed by atoms with Crippen LogP contribution in [0.2, 0.25) is 5.02 Å². The predicted octanol–water partition coefficient (Wildman–Crippen LogP) is 6.33. The van der Waals surface area contributed by atoms with E-state index in [0.29, 0.717) is 16.6 Å². The molecule has 0 saturated carbocycles. The van der Waals surface area contributed by atoms with Crippen LogP contribution in [-0.2, 0) is 0 Å². The van der Waals surface area contributed by atoms with Crippen LogP contribution in [0, 0.1) is 6.92 Å². The summed E-state index contributed by atoms with van der Waals surface area (Å²) < 4.78 is 11.5. The smallest absolute Gasteiger partial charge is 0.300 e. The number of hydrogen-bond acceptors (Lipinski definition) is 4. The maximum Gasteiger partial charge on any atom is 0.300 e. The first kappa shape index (κ1) is 15.5. The molecule has 1 N–H and O–H groups in total. The van der Waals surface area contributed by atoms with E-state index in [0.717, 1.165) is 28.3 Å². The molecule has 1 aromatic heterocycles. The molecule has 0 aliphatic carbocycles. The van der Waals surface area contributed by atoms with Crippen LogP contribution in [0.4, 0.5) is 11.7 Å². The summed E-state index contributed by atoms with van der Waals surface area (Å²) >= 11 is 5.97. The molecule has 0 atom stereocenters. The molecular weight excluding hydrogens is 336 g/mol. The zero-order valence-electron chi connectivity index (χ0n) is 13.5. The van der Waals surface area contributed by atoms with E-state index in [2.05, 4.69) is 10.3 Å². The monoisotopic (exact) mass is 350 g/mol. The fourth-order valence-corrected chi connectivity index (χ4v) is 2.67. The lowest BCUT2D eigenvalue weighted by molar-refractivity contribution is 0.482. The number of ether oxygens (including phenoxy) is 1. The Morgan fingerprint density at radius 1 is 0.960 bits per heavy atom. The van der Waals surface area contributed by atoms with Crippen molar-refractivity contribution in [1.82, 2.24) is 4.98 Å². The third kappa shape index (κ3) is 3.59. The molecule has 0 spiro atoms. The molecule has 0 unspecified atom stereocenters. The Kier molecular flexibility index (Phi) is 4.04. The van der Waals surface area contributed by atoms with Crippen LogP contribution >= 0.6 is 11.6 Å². The van der Waals surface area contributed by atoms with Crippen molar-refractivity contribution in [2.24, 2.45) is 0 Å². The molecule has 1 heterocycles. The number of anilines is 2. The van der Waals surface area contributed by atoms with Crippen LogP contribution in [0.1, 0.15) is 5.56 Å². The van der Waals surface area contributed by atoms with Gasteiger partial charge in [-0.05, 0) is 67.1 Å². The zero-order valence-corrected chi connectivity index (χ0v) is 14.2. The first-order valence-electron chi connectivity index (χ1n) is 7.83. The van der Waals surface area contributed by atoms with Crippen molar-refractivity contribution in [3.8, 4) is 11.5 Å². The van der Waals surface area contributed by atoms with Crippen LogP contribution < -0.4 is 10.1 Å². The molecule has 5 heteroatoms. The SMILES string of the molecule is Cc1cccc(Oc2ccc(Nc3nc4cc(Cl)ccc4o3)cc2)c1. The van der Waals surface area contributed by atoms with Gasteiger partial charge in [0.2, 0.25) is 0 Å². The molecule has 0 aliphatic rings. The number of hydrogen-bond donors (Lipinski definition) is 1. The maximum atomic E-state index is 5.97. The summed E-state index contributed by atoms with van der Waals surface area (Å²) in [5.74, 6) is 1.58. The van der Waals surface area contributed by atoms with Crippen LogP contribution in [0.5, 0.6) is 11.5 Å². The lowest BCUT2D eigenvalue weighted by atomic mass is 10.2. The van der Waals surface area contributed by atoms with Crippen molar-refractivity contribution in [3.05, 3.63) is 77.3 Å². The third-order valence-electron chi connectivity index (χ3n) is 3.68. The van der Waals surface area contributed by atoms with Crippen LogP contribution in [-0.4, -0.2) is 4.98 Å². The van der Waals surface area contributed by atoms with E-state index < -0.39 is 0 Å². The summed E-state index contributed by atoms with van der Waals surface area (Å²) in [5.41, 5.74) is 3.42. The molecule has 25 heavy (non-hydrogen) atoms. The molecule has 0 aliphatic heterocycles. The molecule has 4 nitrogen and oxygen atoms in total. The topological polar surface area (TPSA) is 47.3 Å². The van der Waals surface area contributed by atoms with Crippen molar-refractivity contribution >= 4 is 34.4 Å². The lowest BCUT2D eigenvalue weighted by Crippen LogP contribution is -1.90. The van der Waals surface area contributed by atoms with Gasteiger partial charge in [-0.1, -0.05) is 23.7 Å². The second-order valence-corrected chi connectivity index (χ2v) is 6.14. The number of benzene rings is 3. The molecule has 4 aromatic rings. The number of aryl methyl sites for hydroxylation is 1. The minimum absolute atomic E-state index is 0.421. The Balaban J connectivity index is 1.49. The highest BCUT2D eigenvalue weighted by Gasteiger charge is 2.07. The summed E-state index contributed by atoms with van der Waals surface area (Å²) in [5, 5.41) is 3.77. The van der Waals surface area contributed by atoms with Crippen molar-refractivity contribution in [2.75, 3.05) is 5.32 Å². The Morgan fingerprint density at radius 3 is 2.60 bits per heavy atom. The molecule has 0 fully saturated rings. The van der Waals surface area contributed by atoms with Gasteiger partial charge in [-0.25, -0.2) is 0 Å². The molecular formula is C20H15ClN2O2. The normalized spacial score (nSPS) is 10.8. The standard InChI is InChI=1S/C20H15ClN2O2/c1-13-3-2-4-17(11-13)24-16-8-6-15(7-9-16)22-20-23-18-12-14(21)5-10-19(18)25-20/h2-12H,1H3,(H,22,23). The number of rotatable bonds is 4. The minimum atomic E-state index is 0.421. The largest absolute Gasteiger partial charge is 0.457 e. The van der Waals surface area contributed by atoms with Gasteiger partial charge in [0.1, 0.15) is 17.0 Å². The minimum Gasteiger partial charge on any atom is -0.457 e. The predicted molar refractivity (Wildman–Crippen MR) is 100.0 cm³/mol. The summed E-state index contributed by atoms with van der Waals surface area (Å²) in [6, 6.07) is 21.3. The Bertz CT molecular complexity index is 1030. The highest BCUT2D eigenvalue weighted by atomic mass is 35.5. The molecule has 124 valence electrons. The van der Waals surface area contributed by atoms with E-state index >= 15 is 0 Å². The van der Waals surface area contributed by atoms with Gasteiger partial charge in [-0.15, -0.1) is 0 Å². The van der Waals surface area contributed by atoms with E-state index in [-0.39, 0.29) is 0 Å². The molecule has 0 saturated heterocycles. The summed E-state index contributed by atoms with van der Waals surface area (Å²) in [6.07, 6.45) is 0. The fraction of sp³-hybridized carbons (Fsp3) is 0.0500. The number of oxazole rings is 1. The second-order valence-electron chi connectivity index (χ2n) is 5.70. The van der Waals surface area contributed by atoms with Gasteiger partial charge >= 0.3 is 0 Å². The number of nitrogens with one attached hydrogen (secondary N) is 1. The van der Waals surface area contributed by atoms with Crippen LogP contribution in [0.15, 0.2) is 71.1 Å².